The number of rotatable bonds is 0. The Kier molecular flexibility index (Phi) is 2.67. The third-order valence-corrected chi connectivity index (χ3v) is 1.87. The minimum absolute atomic E-state index is 0.193. The lowest BCUT2D eigenvalue weighted by molar-refractivity contribution is 1.08. The molecule has 0 bridgehead atoms. The van der Waals surface area contributed by atoms with E-state index in [2.05, 4.69) is 0 Å². The van der Waals surface area contributed by atoms with E-state index < -0.39 is 0 Å². The third kappa shape index (κ3) is 2.07. The normalized spacial score (nSPS) is 15.2. The van der Waals surface area contributed by atoms with Gasteiger partial charge in [-0.3, -0.25) is 0 Å². The second kappa shape index (κ2) is 3.74. The minimum Gasteiger partial charge on any atom is -0.192 e. The van der Waals surface area contributed by atoms with Gasteiger partial charge in [0.15, 0.2) is 0 Å². The van der Waals surface area contributed by atoms with Crippen LogP contribution in [0.25, 0.3) is 0 Å². The van der Waals surface area contributed by atoms with Crippen LogP contribution in [0.3, 0.4) is 0 Å². The summed E-state index contributed by atoms with van der Waals surface area (Å²) >= 11 is 0. The molecule has 0 N–H and O–H groups in total. The first-order valence-electron chi connectivity index (χ1n) is 4.06. The zero-order chi connectivity index (χ0) is 9.84. The second-order valence-corrected chi connectivity index (χ2v) is 3.21. The Morgan fingerprint density at radius 3 is 2.00 bits per heavy atom. The van der Waals surface area contributed by atoms with E-state index in [0.717, 1.165) is 12.0 Å². The van der Waals surface area contributed by atoms with Gasteiger partial charge in [0.2, 0.25) is 0 Å². The summed E-state index contributed by atoms with van der Waals surface area (Å²) in [4.78, 5) is 0. The molecule has 0 saturated heterocycles. The molecule has 0 aliphatic heterocycles. The number of nitriles is 2. The predicted molar refractivity (Wildman–Crippen MR) is 50.4 cm³/mol. The monoisotopic (exact) mass is 170 g/mol. The molecule has 0 atom stereocenters. The highest BCUT2D eigenvalue weighted by molar-refractivity contribution is 5.53. The largest absolute Gasteiger partial charge is 0.192 e. The van der Waals surface area contributed by atoms with Crippen molar-refractivity contribution in [3.05, 3.63) is 34.4 Å². The van der Waals surface area contributed by atoms with Crippen molar-refractivity contribution in [2.24, 2.45) is 0 Å². The summed E-state index contributed by atoms with van der Waals surface area (Å²) in [5.41, 5.74) is 3.32. The molecule has 13 heavy (non-hydrogen) atoms. The lowest BCUT2D eigenvalue weighted by atomic mass is 9.95. The second-order valence-electron chi connectivity index (χ2n) is 3.21. The maximum absolute atomic E-state index is 8.66. The van der Waals surface area contributed by atoms with Gasteiger partial charge in [0, 0.05) is 5.57 Å². The molecule has 0 aromatic heterocycles. The highest BCUT2D eigenvalue weighted by atomic mass is 14.3. The predicted octanol–water partition coefficient (Wildman–Crippen LogP) is 2.63. The van der Waals surface area contributed by atoms with Crippen LogP contribution in [0.2, 0.25) is 0 Å². The number of nitrogens with zero attached hydrogens (tertiary/aromatic N) is 2. The van der Waals surface area contributed by atoms with Crippen LogP contribution < -0.4 is 0 Å². The number of hydrogen-bond acceptors (Lipinski definition) is 2. The fourth-order valence-electron chi connectivity index (χ4n) is 1.41. The van der Waals surface area contributed by atoms with Crippen LogP contribution in [0.15, 0.2) is 34.4 Å². The molecule has 0 amide bonds. The van der Waals surface area contributed by atoms with E-state index in [4.69, 9.17) is 10.5 Å². The van der Waals surface area contributed by atoms with Crippen LogP contribution in [0, 0.1) is 22.7 Å². The topological polar surface area (TPSA) is 47.6 Å². The van der Waals surface area contributed by atoms with E-state index in [0.29, 0.717) is 0 Å². The van der Waals surface area contributed by atoms with Crippen LogP contribution >= 0.6 is 0 Å². The SMILES string of the molecule is CC1=CC(=C(C#N)C#N)C=C(C)C1. The zero-order valence-electron chi connectivity index (χ0n) is 7.76. The molecular weight excluding hydrogens is 160 g/mol. The molecule has 2 nitrogen and oxygen atoms in total. The van der Waals surface area contributed by atoms with Gasteiger partial charge in [-0.05, 0) is 20.3 Å². The van der Waals surface area contributed by atoms with E-state index in [1.54, 1.807) is 0 Å². The summed E-state index contributed by atoms with van der Waals surface area (Å²) < 4.78 is 0. The number of allylic oxidation sites excluding steroid dienone is 6. The third-order valence-electron chi connectivity index (χ3n) is 1.87. The van der Waals surface area contributed by atoms with Crippen molar-refractivity contribution in [3.8, 4) is 12.1 Å². The molecule has 1 aliphatic rings. The van der Waals surface area contributed by atoms with Gasteiger partial charge in [-0.15, -0.1) is 0 Å². The van der Waals surface area contributed by atoms with Gasteiger partial charge in [0.25, 0.3) is 0 Å². The van der Waals surface area contributed by atoms with Crippen LogP contribution in [-0.4, -0.2) is 0 Å². The van der Waals surface area contributed by atoms with Gasteiger partial charge < -0.3 is 0 Å². The van der Waals surface area contributed by atoms with E-state index in [1.807, 2.05) is 38.1 Å². The molecule has 64 valence electrons. The van der Waals surface area contributed by atoms with Crippen molar-refractivity contribution in [1.29, 1.82) is 10.5 Å². The summed E-state index contributed by atoms with van der Waals surface area (Å²) in [5, 5.41) is 17.3. The Hall–Kier alpha value is -1.80. The fourth-order valence-corrected chi connectivity index (χ4v) is 1.41. The van der Waals surface area contributed by atoms with Crippen LogP contribution in [0.4, 0.5) is 0 Å². The quantitative estimate of drug-likeness (QED) is 0.524. The van der Waals surface area contributed by atoms with Crippen molar-refractivity contribution in [2.45, 2.75) is 20.3 Å². The Balaban J connectivity index is 3.21. The van der Waals surface area contributed by atoms with Crippen molar-refractivity contribution in [1.82, 2.24) is 0 Å². The van der Waals surface area contributed by atoms with Gasteiger partial charge in [-0.1, -0.05) is 23.3 Å². The molecule has 0 radical (unpaired) electrons. The summed E-state index contributed by atoms with van der Waals surface area (Å²) in [6, 6.07) is 3.78. The van der Waals surface area contributed by atoms with Gasteiger partial charge in [0.1, 0.15) is 17.7 Å². The molecule has 0 saturated carbocycles. The van der Waals surface area contributed by atoms with E-state index in [-0.39, 0.29) is 5.57 Å². The van der Waals surface area contributed by atoms with E-state index in [1.165, 1.54) is 11.1 Å². The highest BCUT2D eigenvalue weighted by Gasteiger charge is 2.07. The van der Waals surface area contributed by atoms with Gasteiger partial charge in [-0.25, -0.2) is 0 Å². The molecule has 0 unspecified atom stereocenters. The molecule has 0 aromatic carbocycles. The summed E-state index contributed by atoms with van der Waals surface area (Å²) in [6.45, 7) is 4.01. The summed E-state index contributed by atoms with van der Waals surface area (Å²) in [5.74, 6) is 0. The lowest BCUT2D eigenvalue weighted by Crippen LogP contribution is -1.92. The van der Waals surface area contributed by atoms with Crippen LogP contribution in [0.5, 0.6) is 0 Å². The zero-order valence-corrected chi connectivity index (χ0v) is 7.76. The Morgan fingerprint density at radius 2 is 1.62 bits per heavy atom. The molecule has 1 rings (SSSR count). The van der Waals surface area contributed by atoms with Crippen LogP contribution in [0.1, 0.15) is 20.3 Å². The Morgan fingerprint density at radius 1 is 1.15 bits per heavy atom. The van der Waals surface area contributed by atoms with Gasteiger partial charge in [-0.2, -0.15) is 10.5 Å². The molecule has 2 heteroatoms. The summed E-state index contributed by atoms with van der Waals surface area (Å²) in [6.07, 6.45) is 4.73. The van der Waals surface area contributed by atoms with E-state index in [9.17, 15) is 0 Å². The van der Waals surface area contributed by atoms with Crippen LogP contribution in [-0.2, 0) is 0 Å². The molecule has 0 fully saturated rings. The Labute approximate surface area is 78.1 Å². The molecule has 0 aromatic rings. The maximum atomic E-state index is 8.66. The van der Waals surface area contributed by atoms with Crippen molar-refractivity contribution >= 4 is 0 Å². The summed E-state index contributed by atoms with van der Waals surface area (Å²) in [7, 11) is 0. The van der Waals surface area contributed by atoms with Crippen molar-refractivity contribution < 1.29 is 0 Å². The minimum atomic E-state index is 0.193. The molecule has 1 aliphatic carbocycles. The first-order chi connectivity index (χ1) is 6.17. The van der Waals surface area contributed by atoms with E-state index >= 15 is 0 Å². The molecule has 0 spiro atoms. The Bertz CT molecular complexity index is 359. The van der Waals surface area contributed by atoms with Gasteiger partial charge >= 0.3 is 0 Å². The first-order valence-corrected chi connectivity index (χ1v) is 4.06. The maximum Gasteiger partial charge on any atom is 0.136 e. The average molecular weight is 170 g/mol. The highest BCUT2D eigenvalue weighted by Crippen LogP contribution is 2.22. The molecular formula is C11H10N2. The van der Waals surface area contributed by atoms with Gasteiger partial charge in [0.05, 0.1) is 0 Å². The molecule has 0 heterocycles. The average Bonchev–Trinajstić information content (AvgIpc) is 2.04. The van der Waals surface area contributed by atoms with Crippen molar-refractivity contribution in [3.63, 3.8) is 0 Å². The standard InChI is InChI=1S/C11H10N2/c1-8-3-9(2)5-10(4-8)11(6-12)7-13/h4-5H,3H2,1-2H3. The first kappa shape index (κ1) is 9.29. The number of hydrogen-bond donors (Lipinski definition) is 0. The fraction of sp³-hybridized carbons (Fsp3) is 0.273. The smallest absolute Gasteiger partial charge is 0.136 e. The van der Waals surface area contributed by atoms with Crippen molar-refractivity contribution in [2.75, 3.05) is 0 Å². The lowest BCUT2D eigenvalue weighted by Gasteiger charge is -2.09.